The van der Waals surface area contributed by atoms with E-state index < -0.39 is 16.7 Å². The summed E-state index contributed by atoms with van der Waals surface area (Å²) < 4.78 is 13.1. The minimum absolute atomic E-state index is 0.186. The molecule has 0 N–H and O–H groups in total. The van der Waals surface area contributed by atoms with Gasteiger partial charge >= 0.3 is 11.8 Å². The number of furan rings is 1. The molecule has 0 unspecified atom stereocenters. The summed E-state index contributed by atoms with van der Waals surface area (Å²) in [5.41, 5.74) is 0.885. The fourth-order valence-electron chi connectivity index (χ4n) is 2.38. The molecule has 2 aromatic heterocycles. The van der Waals surface area contributed by atoms with Gasteiger partial charge in [0.2, 0.25) is 5.76 Å². The number of hydrogen-bond donors (Lipinski definition) is 0. The molecule has 0 saturated heterocycles. The van der Waals surface area contributed by atoms with E-state index in [9.17, 15) is 14.9 Å². The van der Waals surface area contributed by atoms with Crippen molar-refractivity contribution in [2.75, 3.05) is 6.61 Å². The largest absolute Gasteiger partial charge is 0.494 e. The monoisotopic (exact) mass is 373 g/mol. The van der Waals surface area contributed by atoms with Crippen molar-refractivity contribution >= 4 is 33.3 Å². The van der Waals surface area contributed by atoms with Crippen LogP contribution in [-0.2, 0) is 6.54 Å². The van der Waals surface area contributed by atoms with Crippen LogP contribution in [0.3, 0.4) is 0 Å². The Balaban J connectivity index is 2.07. The third-order valence-corrected chi connectivity index (χ3v) is 4.50. The summed E-state index contributed by atoms with van der Waals surface area (Å²) in [7, 11) is 0. The maximum Gasteiger partial charge on any atom is 0.433 e. The van der Waals surface area contributed by atoms with Crippen LogP contribution in [0.15, 0.2) is 52.4 Å². The molecule has 9 heteroatoms. The summed E-state index contributed by atoms with van der Waals surface area (Å²) in [6, 6.07) is 7.98. The molecule has 26 heavy (non-hydrogen) atoms. The van der Waals surface area contributed by atoms with Gasteiger partial charge in [-0.1, -0.05) is 17.4 Å². The molecular weight excluding hydrogens is 358 g/mol. The quantitative estimate of drug-likeness (QED) is 0.374. The Labute approximate surface area is 151 Å². The van der Waals surface area contributed by atoms with Crippen LogP contribution in [0.1, 0.15) is 17.5 Å². The van der Waals surface area contributed by atoms with E-state index in [1.54, 1.807) is 6.08 Å². The molecule has 0 bridgehead atoms. The molecule has 3 rings (SSSR count). The molecule has 0 aliphatic heterocycles. The van der Waals surface area contributed by atoms with E-state index >= 15 is 0 Å². The van der Waals surface area contributed by atoms with Crippen LogP contribution in [0.2, 0.25) is 0 Å². The molecular formula is C17H15N3O5S. The van der Waals surface area contributed by atoms with Crippen LogP contribution in [0.25, 0.3) is 10.2 Å². The summed E-state index contributed by atoms with van der Waals surface area (Å²) in [4.78, 5) is 26.8. The van der Waals surface area contributed by atoms with Crippen molar-refractivity contribution in [1.29, 1.82) is 0 Å². The number of ether oxygens (including phenoxy) is 1. The first-order chi connectivity index (χ1) is 12.5. The smallest absolute Gasteiger partial charge is 0.433 e. The number of nitrogens with zero attached hydrogens (tertiary/aromatic N) is 3. The molecule has 8 nitrogen and oxygen atoms in total. The standard InChI is InChI=1S/C17H15N3O5S/c1-3-9-19-12-6-5-11(24-4-2)10-14(12)26-17(19)18-16(21)13-7-8-15(25-13)20(22)23/h3,5-8,10H,1,4,9H2,2H3. The van der Waals surface area contributed by atoms with E-state index in [-0.39, 0.29) is 5.76 Å². The van der Waals surface area contributed by atoms with Crippen LogP contribution >= 0.6 is 11.3 Å². The van der Waals surface area contributed by atoms with E-state index in [0.29, 0.717) is 18.0 Å². The number of hydrogen-bond acceptors (Lipinski definition) is 6. The number of carbonyl (C=O) groups is 1. The summed E-state index contributed by atoms with van der Waals surface area (Å²) >= 11 is 1.31. The molecule has 3 aromatic rings. The fourth-order valence-corrected chi connectivity index (χ4v) is 3.45. The van der Waals surface area contributed by atoms with Crippen LogP contribution in [0, 0.1) is 10.1 Å². The van der Waals surface area contributed by atoms with Gasteiger partial charge in [0, 0.05) is 6.54 Å². The van der Waals surface area contributed by atoms with Gasteiger partial charge in [0.25, 0.3) is 0 Å². The van der Waals surface area contributed by atoms with Crippen LogP contribution in [-0.4, -0.2) is 22.0 Å². The zero-order valence-corrected chi connectivity index (χ0v) is 14.7. The zero-order valence-electron chi connectivity index (χ0n) is 13.9. The van der Waals surface area contributed by atoms with E-state index in [1.165, 1.54) is 17.4 Å². The Kier molecular flexibility index (Phi) is 4.99. The molecule has 1 amide bonds. The Hall–Kier alpha value is -3.20. The highest BCUT2D eigenvalue weighted by Crippen LogP contribution is 2.24. The van der Waals surface area contributed by atoms with E-state index in [0.717, 1.165) is 22.0 Å². The number of amides is 1. The van der Waals surface area contributed by atoms with Gasteiger partial charge in [0.05, 0.1) is 22.9 Å². The number of fused-ring (bicyclic) bond motifs is 1. The van der Waals surface area contributed by atoms with Gasteiger partial charge in [0.15, 0.2) is 4.80 Å². The number of rotatable bonds is 6. The highest BCUT2D eigenvalue weighted by atomic mass is 32.1. The lowest BCUT2D eigenvalue weighted by atomic mass is 10.3. The molecule has 0 atom stereocenters. The third kappa shape index (κ3) is 3.42. The fraction of sp³-hybridized carbons (Fsp3) is 0.176. The molecule has 0 radical (unpaired) electrons. The Bertz CT molecular complexity index is 1060. The number of benzene rings is 1. The van der Waals surface area contributed by atoms with Gasteiger partial charge in [-0.2, -0.15) is 4.99 Å². The predicted molar refractivity (Wildman–Crippen MR) is 96.4 cm³/mol. The van der Waals surface area contributed by atoms with Crippen molar-refractivity contribution in [3.63, 3.8) is 0 Å². The number of carbonyl (C=O) groups excluding carboxylic acids is 1. The molecule has 0 saturated carbocycles. The van der Waals surface area contributed by atoms with Crippen molar-refractivity contribution in [2.45, 2.75) is 13.5 Å². The topological polar surface area (TPSA) is 99.9 Å². The molecule has 0 spiro atoms. The first-order valence-corrected chi connectivity index (χ1v) is 8.55. The van der Waals surface area contributed by atoms with Crippen molar-refractivity contribution in [2.24, 2.45) is 4.99 Å². The third-order valence-electron chi connectivity index (χ3n) is 3.46. The number of thiazole rings is 1. The molecule has 1 aromatic carbocycles. The Morgan fingerprint density at radius 1 is 1.46 bits per heavy atom. The summed E-state index contributed by atoms with van der Waals surface area (Å²) in [5, 5.41) is 10.7. The predicted octanol–water partition coefficient (Wildman–Crippen LogP) is 3.53. The normalized spacial score (nSPS) is 11.7. The lowest BCUT2D eigenvalue weighted by molar-refractivity contribution is -0.402. The molecule has 0 fully saturated rings. The Morgan fingerprint density at radius 2 is 2.27 bits per heavy atom. The molecule has 0 aliphatic rings. The van der Waals surface area contributed by atoms with Crippen molar-refractivity contribution in [3.8, 4) is 5.75 Å². The summed E-state index contributed by atoms with van der Waals surface area (Å²) in [5.74, 6) is -0.645. The van der Waals surface area contributed by atoms with Crippen LogP contribution < -0.4 is 9.54 Å². The van der Waals surface area contributed by atoms with Gasteiger partial charge in [-0.25, -0.2) is 0 Å². The van der Waals surface area contributed by atoms with Crippen molar-refractivity contribution in [3.05, 3.63) is 63.7 Å². The maximum absolute atomic E-state index is 12.3. The van der Waals surface area contributed by atoms with Crippen molar-refractivity contribution < 1.29 is 18.9 Å². The van der Waals surface area contributed by atoms with Crippen molar-refractivity contribution in [1.82, 2.24) is 4.57 Å². The zero-order chi connectivity index (χ0) is 18.7. The first-order valence-electron chi connectivity index (χ1n) is 7.74. The average molecular weight is 373 g/mol. The molecule has 134 valence electrons. The SMILES string of the molecule is C=CCn1c(=NC(=O)c2ccc([N+](=O)[O-])o2)sc2cc(OCC)ccc21. The van der Waals surface area contributed by atoms with E-state index in [2.05, 4.69) is 11.6 Å². The first kappa shape index (κ1) is 17.6. The minimum Gasteiger partial charge on any atom is -0.494 e. The van der Waals surface area contributed by atoms with Gasteiger partial charge in [-0.05, 0) is 31.2 Å². The summed E-state index contributed by atoms with van der Waals surface area (Å²) in [6.45, 7) is 6.64. The number of aromatic nitrogens is 1. The molecule has 0 aliphatic carbocycles. The second kappa shape index (κ2) is 7.36. The lowest BCUT2D eigenvalue weighted by Gasteiger charge is -2.04. The Morgan fingerprint density at radius 3 is 2.92 bits per heavy atom. The summed E-state index contributed by atoms with van der Waals surface area (Å²) in [6.07, 6.45) is 1.70. The minimum atomic E-state index is -0.705. The van der Waals surface area contributed by atoms with Gasteiger partial charge in [-0.3, -0.25) is 14.9 Å². The lowest BCUT2D eigenvalue weighted by Crippen LogP contribution is -2.16. The van der Waals surface area contributed by atoms with E-state index in [1.807, 2.05) is 29.7 Å². The number of allylic oxidation sites excluding steroid dienone is 1. The van der Waals surface area contributed by atoms with Crippen LogP contribution in [0.5, 0.6) is 5.75 Å². The maximum atomic E-state index is 12.3. The number of nitro groups is 1. The second-order valence-electron chi connectivity index (χ2n) is 5.16. The van der Waals surface area contributed by atoms with Crippen LogP contribution in [0.4, 0.5) is 5.88 Å². The van der Waals surface area contributed by atoms with E-state index in [4.69, 9.17) is 9.15 Å². The van der Waals surface area contributed by atoms with Gasteiger partial charge < -0.3 is 13.7 Å². The molecule has 2 heterocycles. The van der Waals surface area contributed by atoms with Gasteiger partial charge in [0.1, 0.15) is 10.7 Å². The highest BCUT2D eigenvalue weighted by Gasteiger charge is 2.17. The average Bonchev–Trinajstić information content (AvgIpc) is 3.21. The second-order valence-corrected chi connectivity index (χ2v) is 6.17. The van der Waals surface area contributed by atoms with Gasteiger partial charge in [-0.15, -0.1) is 6.58 Å². The highest BCUT2D eigenvalue weighted by molar-refractivity contribution is 7.16.